The van der Waals surface area contributed by atoms with E-state index < -0.39 is 4.92 Å². The average Bonchev–Trinajstić information content (AvgIpc) is 3.00. The molecule has 0 saturated carbocycles. The predicted octanol–water partition coefficient (Wildman–Crippen LogP) is 2.93. The Morgan fingerprint density at radius 2 is 2.25 bits per heavy atom. The molecule has 0 fully saturated rings. The Kier molecular flexibility index (Phi) is 4.37. The van der Waals surface area contributed by atoms with Crippen molar-refractivity contribution in [1.29, 1.82) is 0 Å². The Hall–Kier alpha value is -3.42. The van der Waals surface area contributed by atoms with Crippen molar-refractivity contribution in [2.24, 2.45) is 0 Å². The van der Waals surface area contributed by atoms with Crippen molar-refractivity contribution in [2.45, 2.75) is 6.42 Å². The fourth-order valence-electron chi connectivity index (χ4n) is 2.47. The Balaban J connectivity index is 2.01. The number of nitrogens with one attached hydrogen (secondary N) is 2. The average molecular weight is 326 g/mol. The van der Waals surface area contributed by atoms with Gasteiger partial charge in [-0.25, -0.2) is 0 Å². The van der Waals surface area contributed by atoms with E-state index in [1.165, 1.54) is 6.07 Å². The van der Waals surface area contributed by atoms with Gasteiger partial charge in [-0.1, -0.05) is 0 Å². The van der Waals surface area contributed by atoms with Crippen LogP contribution >= 0.6 is 0 Å². The first-order valence-electron chi connectivity index (χ1n) is 7.20. The molecule has 0 unspecified atom stereocenters. The summed E-state index contributed by atoms with van der Waals surface area (Å²) in [4.78, 5) is 28.1. The number of nitro groups is 1. The number of aromatic amines is 1. The maximum Gasteiger partial charge on any atom is 0.293 e. The highest BCUT2D eigenvalue weighted by Gasteiger charge is 2.17. The zero-order chi connectivity index (χ0) is 16.9. The number of rotatable bonds is 7. The van der Waals surface area contributed by atoms with Gasteiger partial charge in [-0.2, -0.15) is 0 Å². The number of ether oxygens (including phenoxy) is 1. The van der Waals surface area contributed by atoms with Crippen molar-refractivity contribution in [3.8, 4) is 0 Å². The van der Waals surface area contributed by atoms with Gasteiger partial charge in [-0.05, 0) is 24.3 Å². The number of fused-ring (bicyclic) bond motifs is 1. The number of non-ortho nitro benzene ring substituents is 1. The van der Waals surface area contributed by atoms with E-state index in [1.807, 2.05) is 12.1 Å². The number of carbonyl (C=O) groups is 1. The van der Waals surface area contributed by atoms with Crippen LogP contribution in [0.15, 0.2) is 42.7 Å². The van der Waals surface area contributed by atoms with Crippen LogP contribution in [0.25, 0.3) is 10.9 Å². The third-order valence-corrected chi connectivity index (χ3v) is 3.52. The van der Waals surface area contributed by atoms with Crippen molar-refractivity contribution < 1.29 is 14.5 Å². The van der Waals surface area contributed by atoms with E-state index in [-0.39, 0.29) is 12.3 Å². The van der Waals surface area contributed by atoms with Crippen LogP contribution in [0.5, 0.6) is 0 Å². The molecule has 0 aliphatic heterocycles. The molecule has 0 radical (unpaired) electrons. The minimum absolute atomic E-state index is 0.00991. The molecule has 24 heavy (non-hydrogen) atoms. The van der Waals surface area contributed by atoms with Gasteiger partial charge in [-0.15, -0.1) is 0 Å². The minimum Gasteiger partial charge on any atom is -0.467 e. The van der Waals surface area contributed by atoms with Gasteiger partial charge in [0, 0.05) is 35.5 Å². The molecule has 2 N–H and O–H groups in total. The maximum atomic E-state index is 11.2. The first kappa shape index (κ1) is 15.5. The summed E-state index contributed by atoms with van der Waals surface area (Å²) in [6.45, 7) is 0.579. The highest BCUT2D eigenvalue weighted by atomic mass is 16.6. The molecule has 122 valence electrons. The second kappa shape index (κ2) is 6.78. The standard InChI is InChI=1S/C16H14N4O4/c21-10-24-7-5-11-8-13-14(18-12-2-1-6-17-9-12)3-4-15(20(22)23)16(13)19-11/h1-4,6,8-10,18-19H,5,7H2. The smallest absolute Gasteiger partial charge is 0.293 e. The first-order valence-corrected chi connectivity index (χ1v) is 7.20. The third-order valence-electron chi connectivity index (χ3n) is 3.52. The highest BCUT2D eigenvalue weighted by molar-refractivity contribution is 5.99. The van der Waals surface area contributed by atoms with E-state index in [0.717, 1.165) is 17.1 Å². The maximum absolute atomic E-state index is 11.2. The number of nitrogens with zero attached hydrogens (tertiary/aromatic N) is 2. The monoisotopic (exact) mass is 326 g/mol. The second-order valence-electron chi connectivity index (χ2n) is 5.06. The largest absolute Gasteiger partial charge is 0.467 e. The van der Waals surface area contributed by atoms with Crippen LogP contribution in [0.4, 0.5) is 17.1 Å². The van der Waals surface area contributed by atoms with Gasteiger partial charge in [0.1, 0.15) is 5.52 Å². The number of nitro benzene ring substituents is 1. The summed E-state index contributed by atoms with van der Waals surface area (Å²) < 4.78 is 4.68. The Bertz CT molecular complexity index is 876. The van der Waals surface area contributed by atoms with E-state index in [9.17, 15) is 14.9 Å². The zero-order valence-electron chi connectivity index (χ0n) is 12.6. The summed E-state index contributed by atoms with van der Waals surface area (Å²) in [5.41, 5.74) is 2.66. The molecule has 8 heteroatoms. The van der Waals surface area contributed by atoms with Crippen molar-refractivity contribution in [3.63, 3.8) is 0 Å². The number of pyridine rings is 1. The molecular weight excluding hydrogens is 312 g/mol. The van der Waals surface area contributed by atoms with Crippen molar-refractivity contribution >= 4 is 34.4 Å². The molecule has 0 amide bonds. The number of aromatic nitrogens is 2. The van der Waals surface area contributed by atoms with Crippen molar-refractivity contribution in [2.75, 3.05) is 11.9 Å². The van der Waals surface area contributed by atoms with E-state index >= 15 is 0 Å². The molecule has 0 bridgehead atoms. The number of carbonyl (C=O) groups excluding carboxylic acids is 1. The number of hydrogen-bond acceptors (Lipinski definition) is 6. The molecule has 0 saturated heterocycles. The van der Waals surface area contributed by atoms with Crippen LogP contribution in [0, 0.1) is 10.1 Å². The van der Waals surface area contributed by atoms with Crippen molar-refractivity contribution in [3.05, 3.63) is 58.5 Å². The lowest BCUT2D eigenvalue weighted by Crippen LogP contribution is -1.96. The second-order valence-corrected chi connectivity index (χ2v) is 5.06. The van der Waals surface area contributed by atoms with Gasteiger partial charge >= 0.3 is 0 Å². The Morgan fingerprint density at radius 3 is 2.96 bits per heavy atom. The first-order chi connectivity index (χ1) is 11.7. The molecule has 0 atom stereocenters. The molecule has 3 aromatic rings. The van der Waals surface area contributed by atoms with Gasteiger partial charge < -0.3 is 15.0 Å². The van der Waals surface area contributed by atoms with Gasteiger partial charge in [0.2, 0.25) is 0 Å². The van der Waals surface area contributed by atoms with Gasteiger partial charge in [0.15, 0.2) is 0 Å². The highest BCUT2D eigenvalue weighted by Crippen LogP contribution is 2.33. The predicted molar refractivity (Wildman–Crippen MR) is 88.2 cm³/mol. The van der Waals surface area contributed by atoms with Gasteiger partial charge in [0.05, 0.1) is 23.4 Å². The number of anilines is 2. The molecule has 8 nitrogen and oxygen atoms in total. The van der Waals surface area contributed by atoms with Gasteiger partial charge in [0.25, 0.3) is 12.2 Å². The van der Waals surface area contributed by atoms with E-state index in [2.05, 4.69) is 20.0 Å². The summed E-state index contributed by atoms with van der Waals surface area (Å²) >= 11 is 0. The molecule has 3 rings (SSSR count). The SMILES string of the molecule is O=COCCc1cc2c(Nc3cccnc3)ccc([N+](=O)[O-])c2[nH]1. The molecular formula is C16H14N4O4. The summed E-state index contributed by atoms with van der Waals surface area (Å²) in [6, 6.07) is 8.57. The lowest BCUT2D eigenvalue weighted by atomic mass is 10.1. The Morgan fingerprint density at radius 1 is 1.38 bits per heavy atom. The lowest BCUT2D eigenvalue weighted by molar-refractivity contribution is -0.383. The normalized spacial score (nSPS) is 10.5. The summed E-state index contributed by atoms with van der Waals surface area (Å²) in [7, 11) is 0. The molecule has 0 aliphatic rings. The van der Waals surface area contributed by atoms with Crippen LogP contribution in [0.3, 0.4) is 0 Å². The van der Waals surface area contributed by atoms with E-state index in [0.29, 0.717) is 23.8 Å². The summed E-state index contributed by atoms with van der Waals surface area (Å²) in [5.74, 6) is 0. The fraction of sp³-hybridized carbons (Fsp3) is 0.125. The Labute approximate surface area is 136 Å². The summed E-state index contributed by atoms with van der Waals surface area (Å²) in [5, 5.41) is 15.1. The topological polar surface area (TPSA) is 110 Å². The van der Waals surface area contributed by atoms with Crippen molar-refractivity contribution in [1.82, 2.24) is 9.97 Å². The minimum atomic E-state index is -0.432. The van der Waals surface area contributed by atoms with E-state index in [4.69, 9.17) is 0 Å². The number of H-pyrrole nitrogens is 1. The molecule has 0 spiro atoms. The van der Waals surface area contributed by atoms with Crippen LogP contribution in [0.2, 0.25) is 0 Å². The molecule has 2 aromatic heterocycles. The van der Waals surface area contributed by atoms with Crippen LogP contribution in [-0.2, 0) is 16.0 Å². The lowest BCUT2D eigenvalue weighted by Gasteiger charge is -2.07. The van der Waals surface area contributed by atoms with Gasteiger partial charge in [-0.3, -0.25) is 19.9 Å². The number of benzene rings is 1. The molecule has 1 aromatic carbocycles. The van der Waals surface area contributed by atoms with Crippen LogP contribution in [0.1, 0.15) is 5.69 Å². The summed E-state index contributed by atoms with van der Waals surface area (Å²) in [6.07, 6.45) is 3.77. The zero-order valence-corrected chi connectivity index (χ0v) is 12.6. The van der Waals surface area contributed by atoms with E-state index in [1.54, 1.807) is 24.5 Å². The molecule has 0 aliphatic carbocycles. The number of hydrogen-bond donors (Lipinski definition) is 2. The van der Waals surface area contributed by atoms with Crippen LogP contribution < -0.4 is 5.32 Å². The quantitative estimate of drug-likeness (QED) is 0.299. The third kappa shape index (κ3) is 3.17. The molecule has 2 heterocycles. The van der Waals surface area contributed by atoms with Crippen LogP contribution in [-0.4, -0.2) is 28.0 Å². The fourth-order valence-corrected chi connectivity index (χ4v) is 2.47.